The number of carbonyl (C=O) groups is 1. The highest BCUT2D eigenvalue weighted by Gasteiger charge is 2.18. The summed E-state index contributed by atoms with van der Waals surface area (Å²) in [6, 6.07) is 8.83. The number of hydrogen-bond acceptors (Lipinski definition) is 4. The molecule has 0 saturated heterocycles. The number of aliphatic imine (C=N–C) groups is 1. The Balaban J connectivity index is 2.08. The first-order valence-electron chi connectivity index (χ1n) is 5.78. The van der Waals surface area contributed by atoms with Gasteiger partial charge in [0.2, 0.25) is 5.91 Å². The van der Waals surface area contributed by atoms with Gasteiger partial charge in [0.15, 0.2) is 5.15 Å². The highest BCUT2D eigenvalue weighted by atomic mass is 79.9. The highest BCUT2D eigenvalue weighted by molar-refractivity contribution is 9.10. The Bertz CT molecular complexity index is 715. The number of benzene rings is 1. The van der Waals surface area contributed by atoms with Crippen molar-refractivity contribution in [2.45, 2.75) is 6.42 Å². The van der Waals surface area contributed by atoms with Crippen LogP contribution in [0.15, 0.2) is 39.8 Å². The molecule has 0 atom stereocenters. The summed E-state index contributed by atoms with van der Waals surface area (Å²) in [4.78, 5) is 16.4. The quantitative estimate of drug-likeness (QED) is 0.856. The number of nitrogens with one attached hydrogen (secondary N) is 1. The lowest BCUT2D eigenvalue weighted by molar-refractivity contribution is -0.115. The molecule has 0 spiro atoms. The zero-order valence-electron chi connectivity index (χ0n) is 10.1. The lowest BCUT2D eigenvalue weighted by Crippen LogP contribution is -2.16. The maximum absolute atomic E-state index is 11.9. The molecular weight excluding hydrogens is 344 g/mol. The molecule has 2 aromatic rings. The normalized spacial score (nSPS) is 14.1. The molecule has 0 fully saturated rings. The molecule has 0 bridgehead atoms. The van der Waals surface area contributed by atoms with Crippen LogP contribution in [0.5, 0.6) is 0 Å². The summed E-state index contributed by atoms with van der Waals surface area (Å²) in [5, 5.41) is 10.9. The monoisotopic (exact) mass is 350 g/mol. The second-order valence-corrected chi connectivity index (χ2v) is 5.49. The van der Waals surface area contributed by atoms with Crippen LogP contribution < -0.4 is 5.32 Å². The fourth-order valence-corrected chi connectivity index (χ4v) is 2.32. The molecule has 1 aromatic carbocycles. The Morgan fingerprint density at radius 2 is 2.05 bits per heavy atom. The largest absolute Gasteiger partial charge is 0.324 e. The molecule has 0 radical (unpaired) electrons. The predicted octanol–water partition coefficient (Wildman–Crippen LogP) is 3.36. The van der Waals surface area contributed by atoms with Gasteiger partial charge in [-0.3, -0.25) is 4.79 Å². The van der Waals surface area contributed by atoms with E-state index in [4.69, 9.17) is 11.6 Å². The summed E-state index contributed by atoms with van der Waals surface area (Å²) in [5.74, 6) is -0.141. The lowest BCUT2D eigenvalue weighted by atomic mass is 10.2. The second-order valence-electron chi connectivity index (χ2n) is 4.19. The minimum atomic E-state index is -0.141. The highest BCUT2D eigenvalue weighted by Crippen LogP contribution is 2.31. The van der Waals surface area contributed by atoms with Crippen LogP contribution in [0.25, 0.3) is 0 Å². The van der Waals surface area contributed by atoms with Gasteiger partial charge >= 0.3 is 0 Å². The van der Waals surface area contributed by atoms with Gasteiger partial charge in [-0.1, -0.05) is 27.5 Å². The summed E-state index contributed by atoms with van der Waals surface area (Å²) in [5.41, 5.74) is 2.46. The maximum Gasteiger partial charge on any atom is 0.230 e. The van der Waals surface area contributed by atoms with E-state index in [1.807, 2.05) is 18.2 Å². The predicted molar refractivity (Wildman–Crippen MR) is 80.6 cm³/mol. The third-order valence-corrected chi connectivity index (χ3v) is 3.44. The summed E-state index contributed by atoms with van der Waals surface area (Å²) in [7, 11) is 0. The van der Waals surface area contributed by atoms with Crippen molar-refractivity contribution in [1.29, 1.82) is 0 Å². The molecular formula is C13H8BrClN4O. The fourth-order valence-electron chi connectivity index (χ4n) is 1.86. The average Bonchev–Trinajstić information content (AvgIpc) is 2.57. The Hall–Kier alpha value is -1.79. The molecule has 7 heteroatoms. The number of amides is 1. The number of hydrogen-bond donors (Lipinski definition) is 1. The maximum atomic E-state index is 11.9. The van der Waals surface area contributed by atoms with Crippen LogP contribution in [-0.4, -0.2) is 21.8 Å². The van der Waals surface area contributed by atoms with Crippen molar-refractivity contribution in [3.63, 3.8) is 0 Å². The van der Waals surface area contributed by atoms with E-state index in [1.165, 1.54) is 0 Å². The van der Waals surface area contributed by atoms with E-state index in [1.54, 1.807) is 12.1 Å². The van der Waals surface area contributed by atoms with Crippen LogP contribution in [0.1, 0.15) is 12.1 Å². The van der Waals surface area contributed by atoms with Gasteiger partial charge in [-0.15, -0.1) is 10.2 Å². The van der Waals surface area contributed by atoms with Crippen LogP contribution >= 0.6 is 27.5 Å². The zero-order chi connectivity index (χ0) is 14.1. The van der Waals surface area contributed by atoms with Crippen molar-refractivity contribution in [2.75, 3.05) is 5.32 Å². The first-order chi connectivity index (χ1) is 9.61. The Morgan fingerprint density at radius 3 is 2.80 bits per heavy atom. The number of carbonyl (C=O) groups excluding carboxylic acids is 1. The van der Waals surface area contributed by atoms with E-state index in [9.17, 15) is 4.79 Å². The van der Waals surface area contributed by atoms with Gasteiger partial charge in [-0.25, -0.2) is 4.99 Å². The molecule has 1 aromatic heterocycles. The smallest absolute Gasteiger partial charge is 0.230 e. The van der Waals surface area contributed by atoms with E-state index in [0.717, 1.165) is 4.47 Å². The Kier molecular flexibility index (Phi) is 3.50. The summed E-state index contributed by atoms with van der Waals surface area (Å²) >= 11 is 9.08. The summed E-state index contributed by atoms with van der Waals surface area (Å²) in [6.45, 7) is 0. The van der Waals surface area contributed by atoms with Gasteiger partial charge in [0, 0.05) is 4.47 Å². The summed E-state index contributed by atoms with van der Waals surface area (Å²) < 4.78 is 0.876. The summed E-state index contributed by atoms with van der Waals surface area (Å²) in [6.07, 6.45) is 0.141. The van der Waals surface area contributed by atoms with Crippen LogP contribution in [0.4, 0.5) is 11.4 Å². The van der Waals surface area contributed by atoms with Crippen molar-refractivity contribution in [3.8, 4) is 0 Å². The first-order valence-corrected chi connectivity index (χ1v) is 6.95. The third kappa shape index (κ3) is 2.71. The molecule has 5 nitrogen and oxygen atoms in total. The molecule has 100 valence electrons. The van der Waals surface area contributed by atoms with Gasteiger partial charge in [-0.05, 0) is 30.3 Å². The van der Waals surface area contributed by atoms with Crippen molar-refractivity contribution < 1.29 is 4.79 Å². The Labute approximate surface area is 128 Å². The Morgan fingerprint density at radius 1 is 1.20 bits per heavy atom. The SMILES string of the molecule is O=C1CC(c2ccc(Cl)nn2)=Nc2ccc(Br)cc2N1. The minimum absolute atomic E-state index is 0.141. The number of rotatable bonds is 1. The number of nitrogens with zero attached hydrogens (tertiary/aromatic N) is 3. The fraction of sp³-hybridized carbons (Fsp3) is 0.0769. The van der Waals surface area contributed by atoms with Crippen LogP contribution in [0, 0.1) is 0 Å². The lowest BCUT2D eigenvalue weighted by Gasteiger charge is -2.04. The topological polar surface area (TPSA) is 67.2 Å². The van der Waals surface area contributed by atoms with E-state index in [2.05, 4.69) is 36.4 Å². The van der Waals surface area contributed by atoms with Crippen LogP contribution in [0.2, 0.25) is 5.15 Å². The molecule has 1 N–H and O–H groups in total. The van der Waals surface area contributed by atoms with Gasteiger partial charge < -0.3 is 5.32 Å². The molecule has 3 rings (SSSR count). The standard InChI is InChI=1S/C13H8BrClN4O/c14-7-1-2-8-10(5-7)17-13(20)6-11(16-8)9-3-4-12(15)19-18-9/h1-5H,6H2,(H,17,20). The van der Waals surface area contributed by atoms with E-state index < -0.39 is 0 Å². The van der Waals surface area contributed by atoms with Crippen molar-refractivity contribution >= 4 is 50.5 Å². The first kappa shape index (κ1) is 13.2. The average molecular weight is 352 g/mol. The molecule has 2 heterocycles. The number of halogens is 2. The van der Waals surface area contributed by atoms with Gasteiger partial charge in [0.05, 0.1) is 23.5 Å². The molecule has 0 aliphatic carbocycles. The van der Waals surface area contributed by atoms with Crippen molar-refractivity contribution in [1.82, 2.24) is 10.2 Å². The van der Waals surface area contributed by atoms with Gasteiger partial charge in [-0.2, -0.15) is 0 Å². The number of anilines is 1. The number of aromatic nitrogens is 2. The van der Waals surface area contributed by atoms with E-state index in [-0.39, 0.29) is 12.3 Å². The molecule has 0 unspecified atom stereocenters. The van der Waals surface area contributed by atoms with Crippen LogP contribution in [0.3, 0.4) is 0 Å². The van der Waals surface area contributed by atoms with Gasteiger partial charge in [0.25, 0.3) is 0 Å². The van der Waals surface area contributed by atoms with Gasteiger partial charge in [0.1, 0.15) is 5.69 Å². The minimum Gasteiger partial charge on any atom is -0.324 e. The molecule has 1 aliphatic rings. The molecule has 20 heavy (non-hydrogen) atoms. The zero-order valence-corrected chi connectivity index (χ0v) is 12.4. The third-order valence-electron chi connectivity index (χ3n) is 2.74. The molecule has 1 aliphatic heterocycles. The van der Waals surface area contributed by atoms with Crippen molar-refractivity contribution in [2.24, 2.45) is 4.99 Å². The van der Waals surface area contributed by atoms with Crippen LogP contribution in [-0.2, 0) is 4.79 Å². The molecule has 0 saturated carbocycles. The van der Waals surface area contributed by atoms with Crippen molar-refractivity contribution in [3.05, 3.63) is 45.7 Å². The number of fused-ring (bicyclic) bond motifs is 1. The molecule has 1 amide bonds. The van der Waals surface area contributed by atoms with E-state index in [0.29, 0.717) is 27.9 Å². The second kappa shape index (κ2) is 5.30. The van der Waals surface area contributed by atoms with E-state index >= 15 is 0 Å².